The molecule has 0 radical (unpaired) electrons. The molecule has 2 aromatic heterocycles. The van der Waals surface area contributed by atoms with Crippen molar-refractivity contribution in [3.05, 3.63) is 47.8 Å². The molecule has 7 heteroatoms. The fraction of sp³-hybridized carbons (Fsp3) is 0.250. The van der Waals surface area contributed by atoms with Crippen LogP contribution >= 0.6 is 0 Å². The summed E-state index contributed by atoms with van der Waals surface area (Å²) in [5, 5.41) is 0. The number of pyridine rings is 1. The van der Waals surface area contributed by atoms with Gasteiger partial charge in [-0.3, -0.25) is 9.78 Å². The van der Waals surface area contributed by atoms with Crippen molar-refractivity contribution in [3.8, 4) is 0 Å². The zero-order valence-corrected chi connectivity index (χ0v) is 9.98. The first-order valence-electron chi connectivity index (χ1n) is 5.52. The van der Waals surface area contributed by atoms with Gasteiger partial charge in [0.25, 0.3) is 0 Å². The normalized spacial score (nSPS) is 11.6. The lowest BCUT2D eigenvalue weighted by atomic mass is 10.2. The molecule has 2 aromatic rings. The van der Waals surface area contributed by atoms with Gasteiger partial charge in [-0.05, 0) is 19.1 Å². The van der Waals surface area contributed by atoms with Crippen LogP contribution in [0.2, 0.25) is 0 Å². The molecule has 0 aliphatic heterocycles. The summed E-state index contributed by atoms with van der Waals surface area (Å²) in [6.07, 6.45) is -0.735. The van der Waals surface area contributed by atoms with Crippen LogP contribution in [0.15, 0.2) is 30.7 Å². The number of halogens is 3. The first kappa shape index (κ1) is 13.3. The molecule has 0 bridgehead atoms. The summed E-state index contributed by atoms with van der Waals surface area (Å²) in [5.41, 5.74) is -0.947. The highest BCUT2D eigenvalue weighted by molar-refractivity contribution is 6.05. The molecular weight excluding hydrogens is 259 g/mol. The minimum absolute atomic E-state index is 0.0612. The molecular formula is C12H10F3N3O. The quantitative estimate of drug-likeness (QED) is 0.804. The van der Waals surface area contributed by atoms with E-state index in [2.05, 4.69) is 9.97 Å². The van der Waals surface area contributed by atoms with E-state index in [0.29, 0.717) is 12.7 Å². The third kappa shape index (κ3) is 2.64. The van der Waals surface area contributed by atoms with Crippen LogP contribution in [0.1, 0.15) is 28.8 Å². The third-order valence-electron chi connectivity index (χ3n) is 2.58. The fourth-order valence-corrected chi connectivity index (χ4v) is 1.58. The topological polar surface area (TPSA) is 47.8 Å². The smallest absolute Gasteiger partial charge is 0.328 e. The van der Waals surface area contributed by atoms with Crippen LogP contribution in [0.5, 0.6) is 0 Å². The van der Waals surface area contributed by atoms with Crippen LogP contribution in [0.25, 0.3) is 0 Å². The van der Waals surface area contributed by atoms with E-state index in [9.17, 15) is 18.0 Å². The summed E-state index contributed by atoms with van der Waals surface area (Å²) in [5.74, 6) is -0.338. The third-order valence-corrected chi connectivity index (χ3v) is 2.58. The lowest BCUT2D eigenvalue weighted by Crippen LogP contribution is -2.13. The second-order valence-electron chi connectivity index (χ2n) is 3.80. The lowest BCUT2D eigenvalue weighted by molar-refractivity contribution is -0.137. The molecule has 0 aromatic carbocycles. The molecule has 0 aliphatic rings. The summed E-state index contributed by atoms with van der Waals surface area (Å²) in [4.78, 5) is 19.5. The Kier molecular flexibility index (Phi) is 3.37. The van der Waals surface area contributed by atoms with Crippen LogP contribution in [-0.2, 0) is 12.7 Å². The van der Waals surface area contributed by atoms with E-state index in [4.69, 9.17) is 0 Å². The van der Waals surface area contributed by atoms with Crippen LogP contribution in [0.4, 0.5) is 13.2 Å². The maximum Gasteiger partial charge on any atom is 0.417 e. The second kappa shape index (κ2) is 4.83. The molecule has 0 saturated carbocycles. The maximum atomic E-state index is 12.4. The molecule has 100 valence electrons. The Morgan fingerprint density at radius 2 is 2.05 bits per heavy atom. The van der Waals surface area contributed by atoms with Crippen molar-refractivity contribution in [3.63, 3.8) is 0 Å². The molecule has 0 atom stereocenters. The molecule has 0 amide bonds. The molecule has 0 aliphatic carbocycles. The number of alkyl halides is 3. The molecule has 0 spiro atoms. The molecule has 2 heterocycles. The highest BCUT2D eigenvalue weighted by Gasteiger charge is 2.31. The SMILES string of the molecule is CCn1ccnc1C(=O)c1ccc(C(F)(F)F)cn1. The minimum Gasteiger partial charge on any atom is -0.328 e. The van der Waals surface area contributed by atoms with Crippen molar-refractivity contribution in [2.45, 2.75) is 19.6 Å². The molecule has 19 heavy (non-hydrogen) atoms. The van der Waals surface area contributed by atoms with E-state index in [1.165, 1.54) is 6.20 Å². The van der Waals surface area contributed by atoms with Crippen LogP contribution in [0.3, 0.4) is 0 Å². The summed E-state index contributed by atoms with van der Waals surface area (Å²) < 4.78 is 38.7. The van der Waals surface area contributed by atoms with Gasteiger partial charge in [0, 0.05) is 25.1 Å². The second-order valence-corrected chi connectivity index (χ2v) is 3.80. The van der Waals surface area contributed by atoms with E-state index < -0.39 is 17.5 Å². The number of imidazole rings is 1. The minimum atomic E-state index is -4.46. The number of carbonyl (C=O) groups is 1. The Hall–Kier alpha value is -2.18. The van der Waals surface area contributed by atoms with Crippen molar-refractivity contribution in [2.75, 3.05) is 0 Å². The zero-order chi connectivity index (χ0) is 14.0. The molecule has 0 saturated heterocycles. The maximum absolute atomic E-state index is 12.4. The van der Waals surface area contributed by atoms with Gasteiger partial charge in [-0.25, -0.2) is 4.98 Å². The van der Waals surface area contributed by atoms with E-state index in [1.807, 2.05) is 6.92 Å². The largest absolute Gasteiger partial charge is 0.417 e. The molecule has 0 N–H and O–H groups in total. The van der Waals surface area contributed by atoms with Gasteiger partial charge in [-0.1, -0.05) is 0 Å². The highest BCUT2D eigenvalue weighted by Crippen LogP contribution is 2.28. The summed E-state index contributed by atoms with van der Waals surface area (Å²) in [6, 6.07) is 1.89. The van der Waals surface area contributed by atoms with Crippen LogP contribution in [0, 0.1) is 0 Å². The number of aryl methyl sites for hydroxylation is 1. The van der Waals surface area contributed by atoms with Gasteiger partial charge in [0.2, 0.25) is 5.78 Å². The Morgan fingerprint density at radius 3 is 2.58 bits per heavy atom. The number of aromatic nitrogens is 3. The van der Waals surface area contributed by atoms with Gasteiger partial charge in [0.1, 0.15) is 5.69 Å². The van der Waals surface area contributed by atoms with Crippen molar-refractivity contribution >= 4 is 5.78 Å². The number of nitrogens with zero attached hydrogens (tertiary/aromatic N) is 3. The molecule has 0 fully saturated rings. The number of hydrogen-bond donors (Lipinski definition) is 0. The van der Waals surface area contributed by atoms with E-state index in [1.54, 1.807) is 10.8 Å². The average molecular weight is 269 g/mol. The standard InChI is InChI=1S/C12H10F3N3O/c1-2-18-6-5-16-11(18)10(19)9-4-3-8(7-17-9)12(13,14)15/h3-7H,2H2,1H3. The fourth-order valence-electron chi connectivity index (χ4n) is 1.58. The Balaban J connectivity index is 2.30. The van der Waals surface area contributed by atoms with Crippen molar-refractivity contribution in [2.24, 2.45) is 0 Å². The van der Waals surface area contributed by atoms with Gasteiger partial charge >= 0.3 is 6.18 Å². The zero-order valence-electron chi connectivity index (χ0n) is 9.98. The predicted octanol–water partition coefficient (Wildman–Crippen LogP) is 2.55. The molecule has 2 rings (SSSR count). The van der Waals surface area contributed by atoms with E-state index in [-0.39, 0.29) is 11.5 Å². The lowest BCUT2D eigenvalue weighted by Gasteiger charge is -2.07. The highest BCUT2D eigenvalue weighted by atomic mass is 19.4. The monoisotopic (exact) mass is 269 g/mol. The van der Waals surface area contributed by atoms with Gasteiger partial charge in [-0.2, -0.15) is 13.2 Å². The Bertz CT molecular complexity index is 587. The summed E-state index contributed by atoms with van der Waals surface area (Å²) in [7, 11) is 0. The van der Waals surface area contributed by atoms with Gasteiger partial charge in [-0.15, -0.1) is 0 Å². The predicted molar refractivity (Wildman–Crippen MR) is 60.6 cm³/mol. The summed E-state index contributed by atoms with van der Waals surface area (Å²) in [6.45, 7) is 2.38. The van der Waals surface area contributed by atoms with Gasteiger partial charge in [0.05, 0.1) is 5.56 Å². The van der Waals surface area contributed by atoms with Crippen molar-refractivity contribution < 1.29 is 18.0 Å². The van der Waals surface area contributed by atoms with Crippen molar-refractivity contribution in [1.82, 2.24) is 14.5 Å². The van der Waals surface area contributed by atoms with Gasteiger partial charge in [0.15, 0.2) is 5.82 Å². The van der Waals surface area contributed by atoms with E-state index >= 15 is 0 Å². The van der Waals surface area contributed by atoms with Crippen molar-refractivity contribution in [1.29, 1.82) is 0 Å². The Labute approximate surface area is 106 Å². The van der Waals surface area contributed by atoms with Gasteiger partial charge < -0.3 is 4.57 Å². The molecule has 0 unspecified atom stereocenters. The Morgan fingerprint density at radius 1 is 1.32 bits per heavy atom. The summed E-state index contributed by atoms with van der Waals surface area (Å²) >= 11 is 0. The first-order chi connectivity index (χ1) is 8.93. The molecule has 4 nitrogen and oxygen atoms in total. The number of rotatable bonds is 3. The van der Waals surface area contributed by atoms with Crippen LogP contribution < -0.4 is 0 Å². The van der Waals surface area contributed by atoms with E-state index in [0.717, 1.165) is 12.1 Å². The number of hydrogen-bond acceptors (Lipinski definition) is 3. The van der Waals surface area contributed by atoms with Crippen LogP contribution in [-0.4, -0.2) is 20.3 Å². The average Bonchev–Trinajstić information content (AvgIpc) is 2.85. The number of ketones is 1. The number of carbonyl (C=O) groups excluding carboxylic acids is 1. The first-order valence-corrected chi connectivity index (χ1v) is 5.52.